The molecule has 0 aromatic heterocycles. The van der Waals surface area contributed by atoms with Crippen molar-refractivity contribution in [3.05, 3.63) is 12.2 Å². The Morgan fingerprint density at radius 1 is 0.537 bits per heavy atom. The minimum Gasteiger partial charge on any atom is -0.462 e. The van der Waals surface area contributed by atoms with Crippen LogP contribution in [0.3, 0.4) is 0 Å². The van der Waals surface area contributed by atoms with Gasteiger partial charge in [-0.15, -0.1) is 0 Å². The van der Waals surface area contributed by atoms with Crippen LogP contribution in [-0.2, 0) is 37.2 Å². The van der Waals surface area contributed by atoms with Gasteiger partial charge in [0.05, 0.1) is 34.4 Å². The van der Waals surface area contributed by atoms with Gasteiger partial charge in [0, 0.05) is 12.8 Å². The van der Waals surface area contributed by atoms with Crippen LogP contribution in [0.25, 0.3) is 0 Å². The van der Waals surface area contributed by atoms with E-state index in [0.717, 1.165) is 57.8 Å². The average molecular weight is 789 g/mol. The first-order chi connectivity index (χ1) is 26.0. The predicted octanol–water partition coefficient (Wildman–Crippen LogP) is 12.8. The molecule has 0 N–H and O–H groups in total. The first kappa shape index (κ1) is 52.8. The number of hydrogen-bond acceptors (Lipinski definition) is 8. The highest BCUT2D eigenvalue weighted by Crippen LogP contribution is 2.49. The molecule has 0 spiro atoms. The molecule has 0 fully saturated rings. The Hall–Kier alpha value is -1.25. The number of quaternary nitrogens is 1. The smallest absolute Gasteiger partial charge is 0.462 e. The summed E-state index contributed by atoms with van der Waals surface area (Å²) in [5.41, 5.74) is 0. The van der Waals surface area contributed by atoms with Gasteiger partial charge >= 0.3 is 19.8 Å². The minimum atomic E-state index is -3.89. The number of esters is 2. The van der Waals surface area contributed by atoms with E-state index in [1.54, 1.807) is 6.92 Å². The zero-order valence-corrected chi connectivity index (χ0v) is 37.1. The second-order valence-corrected chi connectivity index (χ2v) is 17.8. The van der Waals surface area contributed by atoms with Crippen LogP contribution < -0.4 is 0 Å². The summed E-state index contributed by atoms with van der Waals surface area (Å²) in [7, 11) is 2.13. The molecule has 10 heteroatoms. The van der Waals surface area contributed by atoms with Gasteiger partial charge in [0.25, 0.3) is 0 Å². The lowest BCUT2D eigenvalue weighted by Gasteiger charge is -2.25. The van der Waals surface area contributed by atoms with E-state index in [2.05, 4.69) is 26.0 Å². The van der Waals surface area contributed by atoms with E-state index in [9.17, 15) is 14.2 Å². The van der Waals surface area contributed by atoms with Gasteiger partial charge in [0.2, 0.25) is 0 Å². The van der Waals surface area contributed by atoms with Crippen molar-refractivity contribution in [3.8, 4) is 0 Å². The van der Waals surface area contributed by atoms with E-state index in [-0.39, 0.29) is 44.8 Å². The van der Waals surface area contributed by atoms with Crippen molar-refractivity contribution in [2.45, 2.75) is 207 Å². The summed E-state index contributed by atoms with van der Waals surface area (Å²) in [6.45, 7) is 6.71. The molecule has 0 saturated heterocycles. The zero-order chi connectivity index (χ0) is 40.0. The second-order valence-electron chi connectivity index (χ2n) is 16.1. The zero-order valence-electron chi connectivity index (χ0n) is 36.2. The van der Waals surface area contributed by atoms with Gasteiger partial charge < -0.3 is 14.0 Å². The molecule has 0 aliphatic carbocycles. The fraction of sp³-hybridized carbons (Fsp3) is 0.909. The van der Waals surface area contributed by atoms with Gasteiger partial charge in [-0.25, -0.2) is 4.57 Å². The molecular formula is C44H87NO8P+. The Morgan fingerprint density at radius 3 is 1.41 bits per heavy atom. The Balaban J connectivity index is 4.57. The van der Waals surface area contributed by atoms with Crippen molar-refractivity contribution in [2.24, 2.45) is 0 Å². The number of phosphoric ester groups is 1. The van der Waals surface area contributed by atoms with Crippen LogP contribution in [0.15, 0.2) is 12.2 Å². The first-order valence-electron chi connectivity index (χ1n) is 22.4. The van der Waals surface area contributed by atoms with Crippen molar-refractivity contribution >= 4 is 19.8 Å². The summed E-state index contributed by atoms with van der Waals surface area (Å²) >= 11 is 0. The summed E-state index contributed by atoms with van der Waals surface area (Å²) in [4.78, 5) is 25.4. The molecule has 1 unspecified atom stereocenters. The van der Waals surface area contributed by atoms with Crippen molar-refractivity contribution in [3.63, 3.8) is 0 Å². The lowest BCUT2D eigenvalue weighted by Crippen LogP contribution is -2.37. The number of nitrogens with zero attached hydrogens (tertiary/aromatic N) is 1. The summed E-state index contributed by atoms with van der Waals surface area (Å²) in [5, 5.41) is 0. The van der Waals surface area contributed by atoms with E-state index in [1.807, 2.05) is 21.1 Å². The lowest BCUT2D eigenvalue weighted by atomic mass is 10.0. The Kier molecular flexibility index (Phi) is 36.5. The highest BCUT2D eigenvalue weighted by molar-refractivity contribution is 7.48. The number of phosphoric acid groups is 1. The van der Waals surface area contributed by atoms with Gasteiger partial charge in [-0.2, -0.15) is 0 Å². The SMILES string of the molecule is CCCCCCCC/C=C\CCCCCCCC(=O)O[C@@H](COC(=O)CCCCCCCCCCCCCCC)COP(=O)(OCC)OCC[N+](C)(C)C. The van der Waals surface area contributed by atoms with E-state index in [1.165, 1.54) is 109 Å². The summed E-state index contributed by atoms with van der Waals surface area (Å²) in [5.74, 6) is -0.713. The molecule has 2 atom stereocenters. The molecule has 54 heavy (non-hydrogen) atoms. The fourth-order valence-electron chi connectivity index (χ4n) is 6.12. The fourth-order valence-corrected chi connectivity index (χ4v) is 7.31. The van der Waals surface area contributed by atoms with Crippen LogP contribution in [0.4, 0.5) is 0 Å². The highest BCUT2D eigenvalue weighted by Gasteiger charge is 2.30. The summed E-state index contributed by atoms with van der Waals surface area (Å²) in [6.07, 6.45) is 35.8. The molecule has 0 saturated carbocycles. The van der Waals surface area contributed by atoms with E-state index >= 15 is 0 Å². The van der Waals surface area contributed by atoms with Crippen LogP contribution in [0.1, 0.15) is 201 Å². The third kappa shape index (κ3) is 37.7. The molecule has 0 aliphatic rings. The third-order valence-corrected chi connectivity index (χ3v) is 11.1. The molecule has 0 radical (unpaired) electrons. The molecule has 0 heterocycles. The maximum atomic E-state index is 13.3. The quantitative estimate of drug-likeness (QED) is 0.0199. The van der Waals surface area contributed by atoms with E-state index in [4.69, 9.17) is 23.0 Å². The van der Waals surface area contributed by atoms with Crippen molar-refractivity contribution in [1.82, 2.24) is 0 Å². The van der Waals surface area contributed by atoms with Crippen molar-refractivity contribution < 1.29 is 41.7 Å². The largest absolute Gasteiger partial charge is 0.475 e. The van der Waals surface area contributed by atoms with Gasteiger partial charge in [-0.1, -0.05) is 154 Å². The summed E-state index contributed by atoms with van der Waals surface area (Å²) in [6, 6.07) is 0. The molecular weight excluding hydrogens is 701 g/mol. The molecule has 9 nitrogen and oxygen atoms in total. The van der Waals surface area contributed by atoms with Gasteiger partial charge in [0.1, 0.15) is 19.8 Å². The number of likely N-dealkylation sites (N-methyl/N-ethyl adjacent to an activating group) is 1. The van der Waals surface area contributed by atoms with Gasteiger partial charge in [0.15, 0.2) is 6.10 Å². The first-order valence-corrected chi connectivity index (χ1v) is 23.9. The highest BCUT2D eigenvalue weighted by atomic mass is 31.2. The standard InChI is InChI=1S/C44H87NO8P/c1-7-10-12-14-16-18-20-22-23-25-27-29-31-33-35-37-44(47)53-42(41-52-54(48,50-9-3)51-39-38-45(4,5)6)40-49-43(46)36-34-32-30-28-26-24-21-19-17-15-13-11-8-2/h22-23,42H,7-21,24-41H2,1-6H3/q+1/b23-22-/t42-,54?/m0/s1. The Bertz CT molecular complexity index is 938. The number of ether oxygens (including phenoxy) is 2. The predicted molar refractivity (Wildman–Crippen MR) is 225 cm³/mol. The molecule has 0 amide bonds. The number of allylic oxidation sites excluding steroid dienone is 2. The van der Waals surface area contributed by atoms with Gasteiger partial charge in [-0.05, 0) is 45.4 Å². The molecule has 0 aromatic rings. The van der Waals surface area contributed by atoms with Crippen LogP contribution in [0.5, 0.6) is 0 Å². The van der Waals surface area contributed by atoms with E-state index in [0.29, 0.717) is 17.4 Å². The van der Waals surface area contributed by atoms with Crippen LogP contribution in [0.2, 0.25) is 0 Å². The molecule has 0 aliphatic heterocycles. The maximum Gasteiger partial charge on any atom is 0.475 e. The monoisotopic (exact) mass is 789 g/mol. The molecule has 320 valence electrons. The average Bonchev–Trinajstić information content (AvgIpc) is 3.12. The van der Waals surface area contributed by atoms with Crippen LogP contribution in [-0.4, -0.2) is 76.6 Å². The Labute approximate surface area is 333 Å². The summed E-state index contributed by atoms with van der Waals surface area (Å²) < 4.78 is 41.7. The van der Waals surface area contributed by atoms with Crippen molar-refractivity contribution in [1.29, 1.82) is 0 Å². The lowest BCUT2D eigenvalue weighted by molar-refractivity contribution is -0.870. The number of carbonyl (C=O) groups excluding carboxylic acids is 2. The van der Waals surface area contributed by atoms with Gasteiger partial charge in [-0.3, -0.25) is 23.2 Å². The molecule has 0 rings (SSSR count). The topological polar surface area (TPSA) is 97.4 Å². The molecule has 0 aromatic carbocycles. The number of rotatable bonds is 41. The van der Waals surface area contributed by atoms with Crippen LogP contribution >= 0.6 is 7.82 Å². The maximum absolute atomic E-state index is 13.3. The van der Waals surface area contributed by atoms with Crippen LogP contribution in [0, 0.1) is 0 Å². The third-order valence-electron chi connectivity index (χ3n) is 9.57. The number of hydrogen-bond donors (Lipinski definition) is 0. The number of unbranched alkanes of at least 4 members (excludes halogenated alkanes) is 23. The molecule has 0 bridgehead atoms. The minimum absolute atomic E-state index is 0.135. The van der Waals surface area contributed by atoms with Crippen molar-refractivity contribution in [2.75, 3.05) is 54.1 Å². The van der Waals surface area contributed by atoms with E-state index < -0.39 is 13.9 Å². The number of carbonyl (C=O) groups is 2. The second kappa shape index (κ2) is 37.3. The Morgan fingerprint density at radius 2 is 0.963 bits per heavy atom. The normalized spacial score (nSPS) is 13.7.